The molecule has 0 spiro atoms. The summed E-state index contributed by atoms with van der Waals surface area (Å²) >= 11 is 0. The Kier molecular flexibility index (Phi) is 4.72. The van der Waals surface area contributed by atoms with Crippen molar-refractivity contribution in [2.24, 2.45) is 5.92 Å². The van der Waals surface area contributed by atoms with Crippen LogP contribution in [0.5, 0.6) is 0 Å². The van der Waals surface area contributed by atoms with E-state index in [2.05, 4.69) is 5.32 Å². The normalized spacial score (nSPS) is 21.8. The Morgan fingerprint density at radius 1 is 1.04 bits per heavy atom. The lowest BCUT2D eigenvalue weighted by Gasteiger charge is -2.23. The molecule has 3 rings (SSSR count). The Balaban J connectivity index is 1.86. The maximum atomic E-state index is 13.2. The zero-order valence-corrected chi connectivity index (χ0v) is 12.8. The minimum absolute atomic E-state index is 0.145. The number of aliphatic hydroxyl groups excluding tert-OH is 1. The Hall–Kier alpha value is -2.20. The molecule has 2 N–H and O–H groups in total. The summed E-state index contributed by atoms with van der Waals surface area (Å²) in [7, 11) is 0. The third kappa shape index (κ3) is 3.59. The number of carbonyl (C=O) groups excluding carboxylic acids is 1. The lowest BCUT2D eigenvalue weighted by Crippen LogP contribution is -2.37. The first kappa shape index (κ1) is 15.7. The van der Waals surface area contributed by atoms with E-state index in [0.29, 0.717) is 12.8 Å². The van der Waals surface area contributed by atoms with Gasteiger partial charge in [0.25, 0.3) is 0 Å². The fourth-order valence-electron chi connectivity index (χ4n) is 3.16. The Morgan fingerprint density at radius 2 is 1.70 bits per heavy atom. The van der Waals surface area contributed by atoms with Gasteiger partial charge in [-0.2, -0.15) is 0 Å². The van der Waals surface area contributed by atoms with Gasteiger partial charge in [0.15, 0.2) is 0 Å². The van der Waals surface area contributed by atoms with E-state index in [1.54, 1.807) is 12.1 Å². The van der Waals surface area contributed by atoms with Gasteiger partial charge in [-0.3, -0.25) is 4.79 Å². The molecule has 1 fully saturated rings. The summed E-state index contributed by atoms with van der Waals surface area (Å²) < 4.78 is 13.2. The third-order valence-electron chi connectivity index (χ3n) is 4.44. The number of rotatable bonds is 4. The van der Waals surface area contributed by atoms with E-state index in [1.807, 2.05) is 30.3 Å². The number of nitrogens with one attached hydrogen (secondary N) is 1. The zero-order chi connectivity index (χ0) is 16.2. The van der Waals surface area contributed by atoms with Crippen LogP contribution in [0.1, 0.15) is 36.4 Å². The molecule has 1 saturated carbocycles. The molecular formula is C19H20FNO2. The van der Waals surface area contributed by atoms with E-state index in [0.717, 1.165) is 17.5 Å². The first-order valence-electron chi connectivity index (χ1n) is 7.94. The second-order valence-electron chi connectivity index (χ2n) is 6.01. The molecule has 4 heteroatoms. The number of benzene rings is 2. The molecule has 0 saturated heterocycles. The van der Waals surface area contributed by atoms with Crippen LogP contribution in [0.15, 0.2) is 54.6 Å². The number of halogens is 1. The van der Waals surface area contributed by atoms with Crippen molar-refractivity contribution in [2.75, 3.05) is 0 Å². The third-order valence-corrected chi connectivity index (χ3v) is 4.44. The molecule has 3 atom stereocenters. The van der Waals surface area contributed by atoms with Crippen molar-refractivity contribution < 1.29 is 14.3 Å². The number of hydrogen-bond acceptors (Lipinski definition) is 2. The highest BCUT2D eigenvalue weighted by atomic mass is 19.1. The largest absolute Gasteiger partial charge is 0.392 e. The van der Waals surface area contributed by atoms with Crippen LogP contribution in [0.3, 0.4) is 0 Å². The molecular weight excluding hydrogens is 293 g/mol. The van der Waals surface area contributed by atoms with Gasteiger partial charge in [-0.25, -0.2) is 4.39 Å². The highest BCUT2D eigenvalue weighted by Gasteiger charge is 2.32. The molecule has 3 unspecified atom stereocenters. The second-order valence-corrected chi connectivity index (χ2v) is 6.01. The minimum atomic E-state index is -0.570. The molecule has 0 bridgehead atoms. The molecule has 120 valence electrons. The highest BCUT2D eigenvalue weighted by molar-refractivity contribution is 5.80. The van der Waals surface area contributed by atoms with Gasteiger partial charge in [-0.05, 0) is 42.5 Å². The summed E-state index contributed by atoms with van der Waals surface area (Å²) in [5.74, 6) is -0.812. The van der Waals surface area contributed by atoms with Crippen molar-refractivity contribution in [3.05, 3.63) is 71.5 Å². The van der Waals surface area contributed by atoms with Gasteiger partial charge in [-0.1, -0.05) is 42.5 Å². The van der Waals surface area contributed by atoms with Crippen LogP contribution in [-0.4, -0.2) is 17.1 Å². The van der Waals surface area contributed by atoms with E-state index in [1.165, 1.54) is 12.1 Å². The van der Waals surface area contributed by atoms with Gasteiger partial charge in [0.05, 0.1) is 18.1 Å². The Bertz CT molecular complexity index is 657. The number of amides is 1. The van der Waals surface area contributed by atoms with Crippen LogP contribution < -0.4 is 5.32 Å². The van der Waals surface area contributed by atoms with Crippen LogP contribution in [0.4, 0.5) is 4.39 Å². The summed E-state index contributed by atoms with van der Waals surface area (Å²) in [5, 5.41) is 13.0. The Morgan fingerprint density at radius 3 is 2.30 bits per heavy atom. The Labute approximate surface area is 135 Å². The molecule has 2 aromatic carbocycles. The molecule has 0 radical (unpaired) electrons. The van der Waals surface area contributed by atoms with E-state index in [4.69, 9.17) is 0 Å². The van der Waals surface area contributed by atoms with E-state index < -0.39 is 6.10 Å². The number of carbonyl (C=O) groups is 1. The van der Waals surface area contributed by atoms with Gasteiger partial charge >= 0.3 is 0 Å². The summed E-state index contributed by atoms with van der Waals surface area (Å²) in [6.07, 6.45) is 1.67. The zero-order valence-electron chi connectivity index (χ0n) is 12.8. The summed E-state index contributed by atoms with van der Waals surface area (Å²) in [6.45, 7) is 0. The molecule has 0 aromatic heterocycles. The van der Waals surface area contributed by atoms with Crippen LogP contribution in [0.2, 0.25) is 0 Å². The predicted octanol–water partition coefficient (Wildman–Crippen LogP) is 3.19. The minimum Gasteiger partial charge on any atom is -0.392 e. The van der Waals surface area contributed by atoms with Crippen molar-refractivity contribution in [2.45, 2.75) is 31.4 Å². The maximum absolute atomic E-state index is 13.2. The van der Waals surface area contributed by atoms with Crippen LogP contribution in [-0.2, 0) is 4.79 Å². The van der Waals surface area contributed by atoms with Gasteiger partial charge in [0.2, 0.25) is 5.91 Å². The van der Waals surface area contributed by atoms with Crippen molar-refractivity contribution in [3.8, 4) is 0 Å². The van der Waals surface area contributed by atoms with Crippen molar-refractivity contribution in [1.82, 2.24) is 5.32 Å². The molecule has 3 nitrogen and oxygen atoms in total. The van der Waals surface area contributed by atoms with Crippen molar-refractivity contribution in [3.63, 3.8) is 0 Å². The first-order valence-corrected chi connectivity index (χ1v) is 7.94. The van der Waals surface area contributed by atoms with E-state index in [-0.39, 0.29) is 23.7 Å². The fraction of sp³-hybridized carbons (Fsp3) is 0.316. The standard InChI is InChI=1S/C19H20FNO2/c20-15-11-9-14(10-12-15)18(13-5-2-1-3-6-13)21-19(23)16-7-4-8-17(16)22/h1-3,5-6,9-12,16-18,22H,4,7-8H2,(H,21,23). The topological polar surface area (TPSA) is 49.3 Å². The molecule has 0 heterocycles. The number of aliphatic hydroxyl groups is 1. The second kappa shape index (κ2) is 6.92. The van der Waals surface area contributed by atoms with Gasteiger partial charge in [0, 0.05) is 0 Å². The molecule has 0 aliphatic heterocycles. The summed E-state index contributed by atoms with van der Waals surface area (Å²) in [5.41, 5.74) is 1.75. The van der Waals surface area contributed by atoms with Gasteiger partial charge < -0.3 is 10.4 Å². The van der Waals surface area contributed by atoms with E-state index >= 15 is 0 Å². The van der Waals surface area contributed by atoms with Gasteiger partial charge in [-0.15, -0.1) is 0 Å². The van der Waals surface area contributed by atoms with E-state index in [9.17, 15) is 14.3 Å². The molecule has 1 aliphatic carbocycles. The fourth-order valence-corrected chi connectivity index (χ4v) is 3.16. The average molecular weight is 313 g/mol. The average Bonchev–Trinajstić information content (AvgIpc) is 3.00. The monoisotopic (exact) mass is 313 g/mol. The quantitative estimate of drug-likeness (QED) is 0.911. The molecule has 1 amide bonds. The molecule has 23 heavy (non-hydrogen) atoms. The van der Waals surface area contributed by atoms with Crippen molar-refractivity contribution >= 4 is 5.91 Å². The van der Waals surface area contributed by atoms with Gasteiger partial charge in [0.1, 0.15) is 5.82 Å². The predicted molar refractivity (Wildman–Crippen MR) is 86.2 cm³/mol. The van der Waals surface area contributed by atoms with Crippen LogP contribution >= 0.6 is 0 Å². The summed E-state index contributed by atoms with van der Waals surface area (Å²) in [6, 6.07) is 15.4. The molecule has 1 aliphatic rings. The van der Waals surface area contributed by atoms with Crippen molar-refractivity contribution in [1.29, 1.82) is 0 Å². The highest BCUT2D eigenvalue weighted by Crippen LogP contribution is 2.28. The lowest BCUT2D eigenvalue weighted by atomic mass is 9.97. The first-order chi connectivity index (χ1) is 11.1. The SMILES string of the molecule is O=C(NC(c1ccccc1)c1ccc(F)cc1)C1CCCC1O. The molecule has 2 aromatic rings. The smallest absolute Gasteiger partial charge is 0.226 e. The summed E-state index contributed by atoms with van der Waals surface area (Å²) in [4.78, 5) is 12.5. The van der Waals surface area contributed by atoms with Crippen LogP contribution in [0, 0.1) is 11.7 Å². The number of hydrogen-bond donors (Lipinski definition) is 2. The lowest BCUT2D eigenvalue weighted by molar-refractivity contribution is -0.128. The van der Waals surface area contributed by atoms with Crippen LogP contribution in [0.25, 0.3) is 0 Å². The maximum Gasteiger partial charge on any atom is 0.226 e.